The highest BCUT2D eigenvalue weighted by Crippen LogP contribution is 2.42. The number of hydrogen-bond donors (Lipinski definition) is 0. The molecule has 0 N–H and O–H groups in total. The van der Waals surface area contributed by atoms with Crippen molar-refractivity contribution in [1.82, 2.24) is 9.88 Å². The summed E-state index contributed by atoms with van der Waals surface area (Å²) in [7, 11) is 2.13. The van der Waals surface area contributed by atoms with Gasteiger partial charge in [0.1, 0.15) is 17.4 Å². The first-order valence-corrected chi connectivity index (χ1v) is 20.5. The molecule has 282 valence electrons. The van der Waals surface area contributed by atoms with Crippen molar-refractivity contribution in [1.29, 1.82) is 0 Å². The average Bonchev–Trinajstić information content (AvgIpc) is 3.72. The fourth-order valence-electron chi connectivity index (χ4n) is 9.34. The Balaban J connectivity index is 0.996. The van der Waals surface area contributed by atoms with Gasteiger partial charge in [0, 0.05) is 34.5 Å². The van der Waals surface area contributed by atoms with Crippen LogP contribution in [0.15, 0.2) is 210 Å². The van der Waals surface area contributed by atoms with Crippen LogP contribution in [0.2, 0.25) is 0 Å². The molecule has 2 aromatic heterocycles. The summed E-state index contributed by atoms with van der Waals surface area (Å²) >= 11 is 0. The molecule has 4 heteroatoms. The van der Waals surface area contributed by atoms with E-state index in [2.05, 4.69) is 194 Å². The fourth-order valence-corrected chi connectivity index (χ4v) is 9.34. The number of fused-ring (bicyclic) bond motifs is 11. The number of hydrogen-bond acceptors (Lipinski definition) is 4. The summed E-state index contributed by atoms with van der Waals surface area (Å²) in [6.07, 6.45) is 2.04. The van der Waals surface area contributed by atoms with Crippen molar-refractivity contribution in [3.05, 3.63) is 217 Å². The van der Waals surface area contributed by atoms with Gasteiger partial charge in [-0.2, -0.15) is 0 Å². The molecule has 4 nitrogen and oxygen atoms in total. The van der Waals surface area contributed by atoms with Crippen molar-refractivity contribution >= 4 is 76.6 Å². The van der Waals surface area contributed by atoms with Crippen molar-refractivity contribution in [2.45, 2.75) is 6.17 Å². The molecule has 11 aromatic rings. The summed E-state index contributed by atoms with van der Waals surface area (Å²) in [5.74, 6) is 0. The van der Waals surface area contributed by atoms with Crippen LogP contribution in [-0.4, -0.2) is 22.6 Å². The van der Waals surface area contributed by atoms with E-state index in [0.717, 1.165) is 83.3 Å². The molecule has 12 rings (SSSR count). The molecule has 9 aromatic carbocycles. The molecule has 0 aliphatic carbocycles. The molecule has 60 heavy (non-hydrogen) atoms. The van der Waals surface area contributed by atoms with E-state index in [-0.39, 0.29) is 6.17 Å². The van der Waals surface area contributed by atoms with Crippen LogP contribution in [0.25, 0.3) is 93.2 Å². The normalized spacial score (nSPS) is 14.4. The van der Waals surface area contributed by atoms with Crippen molar-refractivity contribution in [3.63, 3.8) is 0 Å². The Hall–Kier alpha value is -7.82. The first-order chi connectivity index (χ1) is 29.7. The zero-order valence-electron chi connectivity index (χ0n) is 32.9. The molecule has 1 aliphatic rings. The zero-order chi connectivity index (χ0) is 39.7. The predicted octanol–water partition coefficient (Wildman–Crippen LogP) is 14.4. The van der Waals surface area contributed by atoms with Gasteiger partial charge in [0.05, 0.1) is 11.2 Å². The summed E-state index contributed by atoms with van der Waals surface area (Å²) in [6.45, 7) is 0. The van der Waals surface area contributed by atoms with Crippen molar-refractivity contribution in [2.24, 2.45) is 4.99 Å². The quantitative estimate of drug-likeness (QED) is 0.164. The van der Waals surface area contributed by atoms with E-state index in [1.54, 1.807) is 0 Å². The molecule has 0 saturated heterocycles. The maximum atomic E-state index is 6.68. The molecule has 0 spiro atoms. The highest BCUT2D eigenvalue weighted by molar-refractivity contribution is 6.26. The van der Waals surface area contributed by atoms with Gasteiger partial charge in [-0.1, -0.05) is 176 Å². The van der Waals surface area contributed by atoms with Gasteiger partial charge in [0.2, 0.25) is 0 Å². The second kappa shape index (κ2) is 13.6. The highest BCUT2D eigenvalue weighted by atomic mass is 16.3. The Bertz CT molecular complexity index is 3510. The zero-order valence-corrected chi connectivity index (χ0v) is 32.9. The van der Waals surface area contributed by atoms with Crippen LogP contribution in [0.5, 0.6) is 0 Å². The molecular formula is C56H37N3O. The topological polar surface area (TPSA) is 41.6 Å². The largest absolute Gasteiger partial charge is 0.454 e. The number of rotatable bonds is 5. The third-order valence-corrected chi connectivity index (χ3v) is 12.3. The van der Waals surface area contributed by atoms with E-state index in [9.17, 15) is 0 Å². The number of nitrogens with zero attached hydrogens (tertiary/aromatic N) is 3. The third-order valence-electron chi connectivity index (χ3n) is 12.3. The summed E-state index contributed by atoms with van der Waals surface area (Å²) < 4.78 is 6.68. The number of benzene rings is 9. The van der Waals surface area contributed by atoms with E-state index >= 15 is 0 Å². The van der Waals surface area contributed by atoms with Crippen molar-refractivity contribution in [2.75, 3.05) is 7.05 Å². The maximum Gasteiger partial charge on any atom is 0.162 e. The second-order valence-electron chi connectivity index (χ2n) is 15.7. The third kappa shape index (κ3) is 5.45. The van der Waals surface area contributed by atoms with Crippen LogP contribution in [0.3, 0.4) is 0 Å². The number of pyridine rings is 1. The van der Waals surface area contributed by atoms with Gasteiger partial charge >= 0.3 is 0 Å². The Labute approximate surface area is 347 Å². The van der Waals surface area contributed by atoms with Crippen molar-refractivity contribution in [3.8, 4) is 22.4 Å². The first kappa shape index (κ1) is 34.2. The van der Waals surface area contributed by atoms with Crippen LogP contribution in [0, 0.1) is 0 Å². The van der Waals surface area contributed by atoms with E-state index < -0.39 is 0 Å². The minimum Gasteiger partial charge on any atom is -0.454 e. The number of furan rings is 1. The molecule has 0 radical (unpaired) electrons. The standard InChI is InChI=1S/C56H37N3O/c1-59-51(34-49(35-14-4-2-5-15-35)58-56(59)38-16-6-3-7-17-38)36-24-26-37(27-25-36)54-55-53(47-22-12-13-23-52(47)60-55)46-31-29-40(33-50(46)57-54)39-28-30-45-43-20-9-8-18-41(43)42-19-10-11-21-44(42)48(45)32-39/h2-34,56H,1H3. The first-order valence-electron chi connectivity index (χ1n) is 20.5. The van der Waals surface area contributed by atoms with Crippen LogP contribution in [0.4, 0.5) is 0 Å². The smallest absolute Gasteiger partial charge is 0.162 e. The number of allylic oxidation sites excluding steroid dienone is 1. The minimum absolute atomic E-state index is 0.159. The molecule has 1 unspecified atom stereocenters. The lowest BCUT2D eigenvalue weighted by Gasteiger charge is -2.34. The van der Waals surface area contributed by atoms with Gasteiger partial charge in [-0.3, -0.25) is 4.99 Å². The summed E-state index contributed by atoms with van der Waals surface area (Å²) in [5, 5.41) is 10.9. The summed E-state index contributed by atoms with van der Waals surface area (Å²) in [4.78, 5) is 12.9. The molecule has 1 atom stereocenters. The summed E-state index contributed by atoms with van der Waals surface area (Å²) in [6, 6.07) is 69.1. The monoisotopic (exact) mass is 767 g/mol. The predicted molar refractivity (Wildman–Crippen MR) is 250 cm³/mol. The number of para-hydroxylation sites is 1. The van der Waals surface area contributed by atoms with Gasteiger partial charge in [-0.05, 0) is 84.4 Å². The van der Waals surface area contributed by atoms with Crippen LogP contribution >= 0.6 is 0 Å². The van der Waals surface area contributed by atoms with E-state index in [0.29, 0.717) is 0 Å². The SMILES string of the molecule is CN1C(c2ccc(-c3nc4cc(-c5ccc6c7ccccc7c7ccccc7c6c5)ccc4c4c3oc3ccccc34)cc2)=CC(c2ccccc2)=NC1c1ccccc1. The molecule has 1 aliphatic heterocycles. The Morgan fingerprint density at radius 1 is 0.450 bits per heavy atom. The number of aromatic nitrogens is 1. The van der Waals surface area contributed by atoms with Crippen LogP contribution in [-0.2, 0) is 0 Å². The van der Waals surface area contributed by atoms with Crippen LogP contribution < -0.4 is 0 Å². The second-order valence-corrected chi connectivity index (χ2v) is 15.7. The minimum atomic E-state index is -0.159. The Morgan fingerprint density at radius 2 is 0.983 bits per heavy atom. The summed E-state index contributed by atoms with van der Waals surface area (Å²) in [5.41, 5.74) is 12.1. The van der Waals surface area contributed by atoms with Gasteiger partial charge in [-0.25, -0.2) is 4.98 Å². The molecule has 0 saturated carbocycles. The molecule has 0 amide bonds. The maximum absolute atomic E-state index is 6.68. The molecular weight excluding hydrogens is 731 g/mol. The van der Waals surface area contributed by atoms with E-state index in [1.165, 1.54) is 32.3 Å². The van der Waals surface area contributed by atoms with Gasteiger partial charge < -0.3 is 9.32 Å². The van der Waals surface area contributed by atoms with Gasteiger partial charge in [-0.15, -0.1) is 0 Å². The molecule has 3 heterocycles. The van der Waals surface area contributed by atoms with Gasteiger partial charge in [0.15, 0.2) is 5.58 Å². The number of aliphatic imine (C=N–C) groups is 1. The Morgan fingerprint density at radius 3 is 1.68 bits per heavy atom. The molecule has 0 bridgehead atoms. The highest BCUT2D eigenvalue weighted by Gasteiger charge is 2.26. The van der Waals surface area contributed by atoms with E-state index in [4.69, 9.17) is 14.4 Å². The van der Waals surface area contributed by atoms with Crippen LogP contribution in [0.1, 0.15) is 22.9 Å². The fraction of sp³-hybridized carbons (Fsp3) is 0.0357. The lowest BCUT2D eigenvalue weighted by Crippen LogP contribution is -2.27. The average molecular weight is 768 g/mol. The molecule has 0 fully saturated rings. The van der Waals surface area contributed by atoms with Gasteiger partial charge in [0.25, 0.3) is 0 Å². The lowest BCUT2D eigenvalue weighted by atomic mass is 9.92. The van der Waals surface area contributed by atoms with E-state index in [1.807, 2.05) is 18.2 Å². The Kier molecular flexibility index (Phi) is 7.79. The lowest BCUT2D eigenvalue weighted by molar-refractivity contribution is 0.364. The van der Waals surface area contributed by atoms with Crippen molar-refractivity contribution < 1.29 is 4.42 Å².